The fraction of sp³-hybridized carbons (Fsp3) is 0.500. The molecular weight excluding hydrogens is 412 g/mol. The Balaban J connectivity index is 2.39. The number of fused-ring (bicyclic) bond motifs is 1. The molecule has 2 aromatic rings. The topological polar surface area (TPSA) is 159 Å². The molecular formula is C22H33N6O4+. The summed E-state index contributed by atoms with van der Waals surface area (Å²) in [6.07, 6.45) is 3.47. The first-order valence-electron chi connectivity index (χ1n) is 10.6. The maximum Gasteiger partial charge on any atom is 0.419 e. The van der Waals surface area contributed by atoms with E-state index in [-0.39, 0.29) is 12.3 Å². The highest BCUT2D eigenvalue weighted by Crippen LogP contribution is 2.24. The number of para-hydroxylation sites is 1. The molecule has 6 N–H and O–H groups in total. The van der Waals surface area contributed by atoms with Gasteiger partial charge in [0.05, 0.1) is 10.6 Å². The Bertz CT molecular complexity index is 1010. The highest BCUT2D eigenvalue weighted by atomic mass is 16.6. The van der Waals surface area contributed by atoms with Crippen LogP contribution in [-0.2, 0) is 16.0 Å². The molecule has 0 amide bonds. The van der Waals surface area contributed by atoms with E-state index in [4.69, 9.17) is 16.3 Å². The number of carboxylic acid groups (broad SMARTS) is 1. The molecule has 0 aliphatic heterocycles. The number of amidine groups is 1. The van der Waals surface area contributed by atoms with Crippen molar-refractivity contribution in [3.8, 4) is 0 Å². The fourth-order valence-corrected chi connectivity index (χ4v) is 3.32. The number of rotatable bonds is 8. The molecule has 0 saturated carbocycles. The van der Waals surface area contributed by atoms with Gasteiger partial charge in [0.25, 0.3) is 0 Å². The monoisotopic (exact) mass is 445 g/mol. The Kier molecular flexibility index (Phi) is 8.48. The first-order valence-corrected chi connectivity index (χ1v) is 10.6. The van der Waals surface area contributed by atoms with E-state index in [0.29, 0.717) is 11.9 Å². The van der Waals surface area contributed by atoms with Gasteiger partial charge in [0.15, 0.2) is 6.04 Å². The van der Waals surface area contributed by atoms with Crippen LogP contribution in [0.1, 0.15) is 52.5 Å². The van der Waals surface area contributed by atoms with Gasteiger partial charge in [-0.1, -0.05) is 31.5 Å². The van der Waals surface area contributed by atoms with Crippen LogP contribution in [0.25, 0.3) is 10.9 Å². The minimum atomic E-state index is -1.00. The lowest BCUT2D eigenvalue weighted by atomic mass is 10.0. The highest BCUT2D eigenvalue weighted by molar-refractivity contribution is 5.93. The zero-order chi connectivity index (χ0) is 23.9. The second kappa shape index (κ2) is 10.9. The van der Waals surface area contributed by atoms with Crippen LogP contribution in [-0.4, -0.2) is 45.3 Å². The third-order valence-corrected chi connectivity index (χ3v) is 4.81. The number of carbonyl (C=O) groups excluding carboxylic acids is 1. The zero-order valence-corrected chi connectivity index (χ0v) is 19.0. The van der Waals surface area contributed by atoms with Gasteiger partial charge in [0, 0.05) is 23.2 Å². The van der Waals surface area contributed by atoms with E-state index in [2.05, 4.69) is 15.3 Å². The van der Waals surface area contributed by atoms with Crippen LogP contribution in [0.15, 0.2) is 40.8 Å². The molecule has 1 aromatic heterocycles. The van der Waals surface area contributed by atoms with Gasteiger partial charge in [-0.15, -0.1) is 0 Å². The Hall–Kier alpha value is -3.27. The average Bonchev–Trinajstić information content (AvgIpc) is 3.07. The number of aliphatic carboxylic acids is 1. The second-order valence-corrected chi connectivity index (χ2v) is 8.61. The summed E-state index contributed by atoms with van der Waals surface area (Å²) in [5.74, 6) is 4.40. The van der Waals surface area contributed by atoms with Crippen LogP contribution in [0.3, 0.4) is 0 Å². The molecule has 0 fully saturated rings. The fourth-order valence-electron chi connectivity index (χ4n) is 3.32. The number of hydrogen-bond donors (Lipinski definition) is 4. The molecule has 32 heavy (non-hydrogen) atoms. The number of aromatic nitrogens is 1. The van der Waals surface area contributed by atoms with E-state index in [0.717, 1.165) is 23.8 Å². The van der Waals surface area contributed by atoms with Crippen molar-refractivity contribution in [2.24, 2.45) is 21.9 Å². The molecule has 0 aliphatic rings. The lowest BCUT2D eigenvalue weighted by Crippen LogP contribution is -2.84. The normalized spacial score (nSPS) is 14.6. The van der Waals surface area contributed by atoms with Crippen molar-refractivity contribution in [3.63, 3.8) is 0 Å². The first-order chi connectivity index (χ1) is 15.1. The predicted molar refractivity (Wildman–Crippen MR) is 121 cm³/mol. The van der Waals surface area contributed by atoms with Gasteiger partial charge in [-0.25, -0.2) is 9.59 Å². The average molecular weight is 446 g/mol. The van der Waals surface area contributed by atoms with Gasteiger partial charge < -0.3 is 15.6 Å². The van der Waals surface area contributed by atoms with Gasteiger partial charge in [0.1, 0.15) is 11.6 Å². The lowest BCUT2D eigenvalue weighted by Gasteiger charge is -2.19. The summed E-state index contributed by atoms with van der Waals surface area (Å²) in [6, 6.07) is 5.83. The summed E-state index contributed by atoms with van der Waals surface area (Å²) < 4.78 is 6.96. The number of hydrogen-bond acceptors (Lipinski definition) is 5. The molecule has 2 rings (SSSR count). The molecule has 0 unspecified atom stereocenters. The number of unbranched alkanes of at least 4 members (excludes halogenated alkanes) is 1. The Labute approximate surface area is 187 Å². The van der Waals surface area contributed by atoms with E-state index < -0.39 is 29.7 Å². The predicted octanol–water partition coefficient (Wildman–Crippen LogP) is 1.74. The van der Waals surface area contributed by atoms with Crippen LogP contribution in [0, 0.1) is 0 Å². The Morgan fingerprint density at radius 3 is 2.56 bits per heavy atom. The molecule has 0 radical (unpaired) electrons. The third-order valence-electron chi connectivity index (χ3n) is 4.81. The van der Waals surface area contributed by atoms with Crippen LogP contribution >= 0.6 is 0 Å². The number of carbonyl (C=O) groups is 2. The van der Waals surface area contributed by atoms with E-state index in [1.165, 1.54) is 4.57 Å². The number of ether oxygens (including phenoxy) is 1. The van der Waals surface area contributed by atoms with Gasteiger partial charge in [-0.3, -0.25) is 15.4 Å². The van der Waals surface area contributed by atoms with Gasteiger partial charge in [0.2, 0.25) is 0 Å². The summed E-state index contributed by atoms with van der Waals surface area (Å²) in [5, 5.41) is 17.5. The summed E-state index contributed by atoms with van der Waals surface area (Å²) in [6.45, 7) is 7.38. The molecule has 0 aliphatic carbocycles. The van der Waals surface area contributed by atoms with Gasteiger partial charge >= 0.3 is 17.9 Å². The molecule has 2 atom stereocenters. The van der Waals surface area contributed by atoms with Crippen molar-refractivity contribution < 1.29 is 24.4 Å². The number of nitrogens with two attached hydrogens (primary N) is 2. The Morgan fingerprint density at radius 2 is 1.97 bits per heavy atom. The van der Waals surface area contributed by atoms with E-state index in [9.17, 15) is 14.7 Å². The molecule has 1 aromatic carbocycles. The molecule has 0 spiro atoms. The van der Waals surface area contributed by atoms with E-state index >= 15 is 0 Å². The quantitative estimate of drug-likeness (QED) is 0.159. The minimum Gasteiger partial charge on any atom is -0.478 e. The molecule has 10 nitrogen and oxygen atoms in total. The largest absolute Gasteiger partial charge is 0.478 e. The third kappa shape index (κ3) is 6.61. The summed E-state index contributed by atoms with van der Waals surface area (Å²) in [5.41, 5.74) is 7.19. The number of nitrogens with zero attached hydrogens (tertiary/aromatic N) is 3. The molecule has 174 valence electrons. The number of benzene rings is 1. The first kappa shape index (κ1) is 25.0. The van der Waals surface area contributed by atoms with Crippen LogP contribution in [0.5, 0.6) is 0 Å². The maximum atomic E-state index is 12.7. The minimum absolute atomic E-state index is 0.171. The highest BCUT2D eigenvalue weighted by Gasteiger charge is 2.27. The van der Waals surface area contributed by atoms with Gasteiger partial charge in [-0.2, -0.15) is 0 Å². The lowest BCUT2D eigenvalue weighted by molar-refractivity contribution is -0.494. The number of nitrogens with one attached hydrogen (secondary N) is 1. The summed E-state index contributed by atoms with van der Waals surface area (Å²) in [7, 11) is 0. The van der Waals surface area contributed by atoms with Crippen molar-refractivity contribution in [1.82, 2.24) is 4.57 Å². The number of carboxylic acids is 1. The van der Waals surface area contributed by atoms with E-state index in [1.54, 1.807) is 27.0 Å². The molecule has 1 heterocycles. The van der Waals surface area contributed by atoms with Crippen LogP contribution < -0.4 is 16.6 Å². The Morgan fingerprint density at radius 1 is 1.28 bits per heavy atom. The van der Waals surface area contributed by atoms with Crippen molar-refractivity contribution in [2.75, 3.05) is 0 Å². The van der Waals surface area contributed by atoms with Crippen molar-refractivity contribution >= 4 is 28.8 Å². The molecule has 0 bridgehead atoms. The van der Waals surface area contributed by atoms with E-state index in [1.807, 2.05) is 31.2 Å². The van der Waals surface area contributed by atoms with Crippen LogP contribution in [0.4, 0.5) is 4.79 Å². The second-order valence-electron chi connectivity index (χ2n) is 8.61. The van der Waals surface area contributed by atoms with Crippen molar-refractivity contribution in [2.45, 2.75) is 71.1 Å². The summed E-state index contributed by atoms with van der Waals surface area (Å²) in [4.78, 5) is 27.2. The maximum absolute atomic E-state index is 12.7. The van der Waals surface area contributed by atoms with Crippen molar-refractivity contribution in [1.29, 1.82) is 0 Å². The van der Waals surface area contributed by atoms with Crippen LogP contribution in [0.2, 0.25) is 0 Å². The summed E-state index contributed by atoms with van der Waals surface area (Å²) >= 11 is 0. The van der Waals surface area contributed by atoms with Gasteiger partial charge in [-0.05, 0) is 45.2 Å². The van der Waals surface area contributed by atoms with Crippen molar-refractivity contribution in [3.05, 3.63) is 36.0 Å². The smallest absolute Gasteiger partial charge is 0.419 e. The molecule has 10 heteroatoms. The SMILES string of the molecule is CCCC[C@H]([NH+]=C(N=NN)[C@@H](N)Cc1cn(C(=O)OC(C)(C)C)c2ccccc12)C(=O)O. The molecule has 0 saturated heterocycles. The standard InChI is InChI=1S/C22H32N6O4/c1-5-6-10-17(20(29)30)25-19(26-27-24)16(23)12-14-13-28(21(31)32-22(2,3)4)18-11-8-7-9-15(14)18/h7-9,11,13,16-17H,5-6,10,12,23H2,1-4H3,(H,29,30)(H2,24,25,26)/p+1/t16-,17-/m0/s1. The zero-order valence-electron chi connectivity index (χ0n) is 19.0.